The second-order valence-electron chi connectivity index (χ2n) is 7.08. The van der Waals surface area contributed by atoms with Gasteiger partial charge in [-0.05, 0) is 55.9 Å². The lowest BCUT2D eigenvalue weighted by atomic mass is 9.82. The molecular weight excluding hydrogens is 324 g/mol. The molecule has 0 radical (unpaired) electrons. The van der Waals surface area contributed by atoms with Gasteiger partial charge in [0.15, 0.2) is 0 Å². The predicted octanol–water partition coefficient (Wildman–Crippen LogP) is 8.35. The summed E-state index contributed by atoms with van der Waals surface area (Å²) < 4.78 is 0. The molecule has 27 heavy (non-hydrogen) atoms. The summed E-state index contributed by atoms with van der Waals surface area (Å²) in [5.41, 5.74) is 5.75. The molecule has 0 heteroatoms. The second kappa shape index (κ2) is 7.56. The van der Waals surface area contributed by atoms with E-state index in [2.05, 4.69) is 86.6 Å². The Labute approximate surface area is 163 Å². The molecule has 4 aromatic rings. The average molecular weight is 355 g/mol. The van der Waals surface area contributed by atoms with Crippen LogP contribution in [0.2, 0.25) is 0 Å². The van der Waals surface area contributed by atoms with Crippen LogP contribution in [-0.4, -0.2) is 0 Å². The van der Waals surface area contributed by atoms with Crippen LogP contribution in [0.5, 0.6) is 0 Å². The van der Waals surface area contributed by atoms with E-state index >= 15 is 0 Å². The minimum absolute atomic E-state index is 0.0752. The van der Waals surface area contributed by atoms with Gasteiger partial charge >= 0.3 is 0 Å². The van der Waals surface area contributed by atoms with Gasteiger partial charge in [-0.15, -0.1) is 0 Å². The lowest BCUT2D eigenvalue weighted by molar-refractivity contribution is 0.661. The molecule has 1 aliphatic carbocycles. The van der Waals surface area contributed by atoms with Gasteiger partial charge in [0.2, 0.25) is 0 Å². The summed E-state index contributed by atoms with van der Waals surface area (Å²) in [5, 5.41) is 5.35. The lowest BCUT2D eigenvalue weighted by Gasteiger charge is -2.21. The summed E-state index contributed by atoms with van der Waals surface area (Å²) in [6.45, 7) is 12.7. The summed E-state index contributed by atoms with van der Waals surface area (Å²) in [6.07, 6.45) is 0. The molecule has 0 atom stereocenters. The molecule has 0 heterocycles. The first-order valence-corrected chi connectivity index (χ1v) is 10.2. The molecule has 5 rings (SSSR count). The van der Waals surface area contributed by atoms with Crippen LogP contribution in [0.4, 0.5) is 0 Å². The van der Waals surface area contributed by atoms with Gasteiger partial charge in [-0.2, -0.15) is 0 Å². The van der Waals surface area contributed by atoms with Gasteiger partial charge in [0.05, 0.1) is 0 Å². The lowest BCUT2D eigenvalue weighted by Crippen LogP contribution is -2.14. The van der Waals surface area contributed by atoms with Gasteiger partial charge < -0.3 is 0 Å². The fraction of sp³-hybridized carbons (Fsp3) is 0.259. The van der Waals surface area contributed by atoms with E-state index in [-0.39, 0.29) is 5.41 Å². The number of hydrogen-bond acceptors (Lipinski definition) is 0. The molecule has 0 aliphatic heterocycles. The van der Waals surface area contributed by atoms with E-state index in [1.54, 1.807) is 0 Å². The molecule has 0 spiro atoms. The van der Waals surface area contributed by atoms with Gasteiger partial charge in [0, 0.05) is 5.41 Å². The molecule has 0 unspecified atom stereocenters. The third-order valence-corrected chi connectivity index (χ3v) is 5.45. The highest BCUT2D eigenvalue weighted by atomic mass is 14.4. The van der Waals surface area contributed by atoms with Crippen molar-refractivity contribution in [2.24, 2.45) is 0 Å². The van der Waals surface area contributed by atoms with Crippen molar-refractivity contribution in [1.29, 1.82) is 0 Å². The van der Waals surface area contributed by atoms with Crippen LogP contribution in [0.3, 0.4) is 0 Å². The zero-order valence-electron chi connectivity index (χ0n) is 17.4. The number of hydrogen-bond donors (Lipinski definition) is 0. The SMILES string of the molecule is CC.CC.CC1(C)c2ccccc2-c2cc3c(ccc4ccccc43)cc21. The molecule has 0 fully saturated rings. The minimum Gasteiger partial charge on any atom is -0.0683 e. The van der Waals surface area contributed by atoms with E-state index in [4.69, 9.17) is 0 Å². The molecule has 0 saturated carbocycles. The smallest absolute Gasteiger partial charge is 0.0159 e. The Balaban J connectivity index is 0.000000495. The fourth-order valence-electron chi connectivity index (χ4n) is 4.20. The van der Waals surface area contributed by atoms with Crippen molar-refractivity contribution < 1.29 is 0 Å². The van der Waals surface area contributed by atoms with Crippen molar-refractivity contribution in [3.63, 3.8) is 0 Å². The van der Waals surface area contributed by atoms with Crippen LogP contribution in [0.1, 0.15) is 52.7 Å². The van der Waals surface area contributed by atoms with Crippen molar-refractivity contribution in [2.75, 3.05) is 0 Å². The molecule has 1 aliphatic rings. The van der Waals surface area contributed by atoms with Crippen molar-refractivity contribution in [1.82, 2.24) is 0 Å². The van der Waals surface area contributed by atoms with Crippen molar-refractivity contribution >= 4 is 21.5 Å². The molecule has 0 N–H and O–H groups in total. The zero-order chi connectivity index (χ0) is 19.6. The van der Waals surface area contributed by atoms with Crippen molar-refractivity contribution in [3.8, 4) is 11.1 Å². The second-order valence-corrected chi connectivity index (χ2v) is 7.08. The molecular formula is C27H30. The Morgan fingerprint density at radius 3 is 1.93 bits per heavy atom. The summed E-state index contributed by atoms with van der Waals surface area (Å²) in [6, 6.07) is 26.8. The quantitative estimate of drug-likeness (QED) is 0.278. The van der Waals surface area contributed by atoms with Crippen LogP contribution < -0.4 is 0 Å². The van der Waals surface area contributed by atoms with E-state index in [0.717, 1.165) is 0 Å². The first kappa shape index (κ1) is 19.2. The van der Waals surface area contributed by atoms with E-state index in [0.29, 0.717) is 0 Å². The molecule has 0 amide bonds. The molecule has 0 saturated heterocycles. The Morgan fingerprint density at radius 1 is 0.519 bits per heavy atom. The number of rotatable bonds is 0. The normalized spacial score (nSPS) is 13.1. The van der Waals surface area contributed by atoms with Crippen molar-refractivity contribution in [2.45, 2.75) is 47.0 Å². The topological polar surface area (TPSA) is 0 Å². The van der Waals surface area contributed by atoms with Gasteiger partial charge in [0.25, 0.3) is 0 Å². The van der Waals surface area contributed by atoms with E-state index < -0.39 is 0 Å². The maximum absolute atomic E-state index is 2.40. The van der Waals surface area contributed by atoms with Crippen LogP contribution in [0, 0.1) is 0 Å². The standard InChI is InChI=1S/C23H18.2C2H6/c1-23(2)21-10-6-5-9-18(21)20-14-19-16(13-22(20)23)12-11-15-7-3-4-8-17(15)19;2*1-2/h3-14H,1-2H3;2*1-2H3. The van der Waals surface area contributed by atoms with Gasteiger partial charge in [-0.3, -0.25) is 0 Å². The fourth-order valence-corrected chi connectivity index (χ4v) is 4.20. The van der Waals surface area contributed by atoms with E-state index in [1.165, 1.54) is 43.8 Å². The Kier molecular flexibility index (Phi) is 5.37. The maximum Gasteiger partial charge on any atom is 0.0159 e. The van der Waals surface area contributed by atoms with Gasteiger partial charge in [-0.25, -0.2) is 0 Å². The molecule has 0 nitrogen and oxygen atoms in total. The highest BCUT2D eigenvalue weighted by Crippen LogP contribution is 2.50. The summed E-state index contributed by atoms with van der Waals surface area (Å²) in [7, 11) is 0. The third-order valence-electron chi connectivity index (χ3n) is 5.45. The summed E-state index contributed by atoms with van der Waals surface area (Å²) in [5.74, 6) is 0. The highest BCUT2D eigenvalue weighted by molar-refractivity contribution is 6.09. The zero-order valence-corrected chi connectivity index (χ0v) is 17.4. The van der Waals surface area contributed by atoms with Gasteiger partial charge in [0.1, 0.15) is 0 Å². The average Bonchev–Trinajstić information content (AvgIpc) is 2.97. The first-order valence-electron chi connectivity index (χ1n) is 10.2. The Morgan fingerprint density at radius 2 is 1.15 bits per heavy atom. The van der Waals surface area contributed by atoms with Crippen LogP contribution in [-0.2, 0) is 5.41 Å². The molecule has 0 bridgehead atoms. The molecule has 4 aromatic carbocycles. The number of fused-ring (bicyclic) bond motifs is 6. The Hall–Kier alpha value is -2.60. The monoisotopic (exact) mass is 354 g/mol. The van der Waals surface area contributed by atoms with Gasteiger partial charge in [-0.1, -0.05) is 102 Å². The van der Waals surface area contributed by atoms with Crippen LogP contribution in [0.25, 0.3) is 32.7 Å². The molecule has 138 valence electrons. The van der Waals surface area contributed by atoms with E-state index in [9.17, 15) is 0 Å². The largest absolute Gasteiger partial charge is 0.0683 e. The highest BCUT2D eigenvalue weighted by Gasteiger charge is 2.35. The van der Waals surface area contributed by atoms with Crippen LogP contribution >= 0.6 is 0 Å². The molecule has 0 aromatic heterocycles. The minimum atomic E-state index is 0.0752. The predicted molar refractivity (Wildman–Crippen MR) is 122 cm³/mol. The maximum atomic E-state index is 2.40. The first-order chi connectivity index (χ1) is 13.2. The summed E-state index contributed by atoms with van der Waals surface area (Å²) in [4.78, 5) is 0. The summed E-state index contributed by atoms with van der Waals surface area (Å²) >= 11 is 0. The van der Waals surface area contributed by atoms with Crippen LogP contribution in [0.15, 0.2) is 72.8 Å². The van der Waals surface area contributed by atoms with E-state index in [1.807, 2.05) is 27.7 Å². The van der Waals surface area contributed by atoms with Crippen molar-refractivity contribution in [3.05, 3.63) is 83.9 Å². The third kappa shape index (κ3) is 2.94. The Bertz CT molecular complexity index is 1080. The number of benzene rings is 4.